The molecule has 0 saturated heterocycles. The van der Waals surface area contributed by atoms with Gasteiger partial charge < -0.3 is 16.0 Å². The summed E-state index contributed by atoms with van der Waals surface area (Å²) in [6.45, 7) is 1.72. The Morgan fingerprint density at radius 1 is 1.14 bits per heavy atom. The van der Waals surface area contributed by atoms with Crippen LogP contribution in [0.1, 0.15) is 16.1 Å². The van der Waals surface area contributed by atoms with Gasteiger partial charge in [-0.05, 0) is 31.2 Å². The van der Waals surface area contributed by atoms with Gasteiger partial charge in [-0.2, -0.15) is 5.10 Å². The molecule has 0 aliphatic carbocycles. The minimum absolute atomic E-state index is 0.285. The fourth-order valence-corrected chi connectivity index (χ4v) is 2.17. The Morgan fingerprint density at radius 3 is 2.14 bits per heavy atom. The minimum Gasteiger partial charge on any atom is -0.341 e. The van der Waals surface area contributed by atoms with Crippen LogP contribution in [-0.4, -0.2) is 28.8 Å². The van der Waals surface area contributed by atoms with Gasteiger partial charge in [0.2, 0.25) is 0 Å². The van der Waals surface area contributed by atoms with Crippen LogP contribution in [0.25, 0.3) is 0 Å². The van der Waals surface area contributed by atoms with Gasteiger partial charge in [0, 0.05) is 25.5 Å². The molecule has 1 aromatic heterocycles. The van der Waals surface area contributed by atoms with E-state index in [1.54, 1.807) is 38.2 Å². The molecule has 0 atom stereocenters. The summed E-state index contributed by atoms with van der Waals surface area (Å²) in [4.78, 5) is 23.4. The quantitative estimate of drug-likeness (QED) is 0.811. The van der Waals surface area contributed by atoms with Crippen LogP contribution in [0.15, 0.2) is 24.3 Å². The van der Waals surface area contributed by atoms with Crippen LogP contribution in [0, 0.1) is 6.92 Å². The molecule has 0 aliphatic heterocycles. The van der Waals surface area contributed by atoms with Crippen molar-refractivity contribution in [1.82, 2.24) is 15.1 Å². The second-order valence-electron chi connectivity index (χ2n) is 4.61. The number of hydrogen-bond acceptors (Lipinski definition) is 3. The fourth-order valence-electron chi connectivity index (χ4n) is 1.91. The number of rotatable bonds is 3. The average molecular weight is 322 g/mol. The van der Waals surface area contributed by atoms with Crippen molar-refractivity contribution in [3.05, 3.63) is 40.7 Å². The smallest absolute Gasteiger partial charge is 0.318 e. The molecular formula is C14H16ClN5O2. The van der Waals surface area contributed by atoms with E-state index in [0.29, 0.717) is 22.6 Å². The summed E-state index contributed by atoms with van der Waals surface area (Å²) < 4.78 is 1.45. The van der Waals surface area contributed by atoms with Crippen LogP contribution < -0.4 is 16.0 Å². The lowest BCUT2D eigenvalue weighted by molar-refractivity contribution is 0.102. The van der Waals surface area contributed by atoms with E-state index >= 15 is 0 Å². The predicted octanol–water partition coefficient (Wildman–Crippen LogP) is 2.39. The van der Waals surface area contributed by atoms with Gasteiger partial charge in [-0.3, -0.25) is 9.48 Å². The van der Waals surface area contributed by atoms with E-state index in [-0.39, 0.29) is 17.1 Å². The lowest BCUT2D eigenvalue weighted by atomic mass is 10.2. The molecule has 2 rings (SSSR count). The number of carbonyl (C=O) groups excluding carboxylic acids is 2. The molecule has 1 heterocycles. The molecule has 3 N–H and O–H groups in total. The van der Waals surface area contributed by atoms with Crippen molar-refractivity contribution in [3.63, 3.8) is 0 Å². The van der Waals surface area contributed by atoms with Crippen molar-refractivity contribution in [2.75, 3.05) is 17.7 Å². The molecule has 0 saturated carbocycles. The highest BCUT2D eigenvalue weighted by atomic mass is 35.5. The zero-order valence-electron chi connectivity index (χ0n) is 12.4. The first-order chi connectivity index (χ1) is 10.4. The number of aromatic nitrogens is 2. The number of nitrogens with zero attached hydrogens (tertiary/aromatic N) is 2. The van der Waals surface area contributed by atoms with Crippen molar-refractivity contribution in [2.45, 2.75) is 6.92 Å². The Kier molecular flexibility index (Phi) is 4.67. The largest absolute Gasteiger partial charge is 0.341 e. The Labute approximate surface area is 132 Å². The van der Waals surface area contributed by atoms with E-state index in [4.69, 9.17) is 11.6 Å². The van der Waals surface area contributed by atoms with E-state index in [9.17, 15) is 9.59 Å². The number of halogens is 1. The number of anilines is 2. The SMILES string of the molecule is CNC(=O)Nc1ccc(NC(=O)c2c(C)nn(C)c2Cl)cc1. The molecule has 0 radical (unpaired) electrons. The van der Waals surface area contributed by atoms with Crippen molar-refractivity contribution in [3.8, 4) is 0 Å². The molecular weight excluding hydrogens is 306 g/mol. The molecule has 116 valence electrons. The number of aryl methyl sites for hydroxylation is 2. The number of nitrogens with one attached hydrogen (secondary N) is 3. The molecule has 0 spiro atoms. The van der Waals surface area contributed by atoms with Crippen LogP contribution >= 0.6 is 11.6 Å². The van der Waals surface area contributed by atoms with E-state index in [0.717, 1.165) is 0 Å². The highest BCUT2D eigenvalue weighted by Gasteiger charge is 2.18. The van der Waals surface area contributed by atoms with Gasteiger partial charge in [0.25, 0.3) is 5.91 Å². The van der Waals surface area contributed by atoms with Gasteiger partial charge in [-0.1, -0.05) is 11.6 Å². The first-order valence-corrected chi connectivity index (χ1v) is 6.89. The van der Waals surface area contributed by atoms with Gasteiger partial charge in [-0.25, -0.2) is 4.79 Å². The Bertz CT molecular complexity index is 709. The molecule has 2 aromatic rings. The van der Waals surface area contributed by atoms with Gasteiger partial charge in [0.05, 0.1) is 11.3 Å². The van der Waals surface area contributed by atoms with Gasteiger partial charge in [0.15, 0.2) is 0 Å². The summed E-state index contributed by atoms with van der Waals surface area (Å²) in [5.74, 6) is -0.331. The maximum absolute atomic E-state index is 12.2. The number of urea groups is 1. The first-order valence-electron chi connectivity index (χ1n) is 6.51. The summed E-state index contributed by atoms with van der Waals surface area (Å²) >= 11 is 6.06. The van der Waals surface area contributed by atoms with Crippen LogP contribution in [0.4, 0.5) is 16.2 Å². The van der Waals surface area contributed by atoms with Crippen LogP contribution in [0.5, 0.6) is 0 Å². The van der Waals surface area contributed by atoms with Crippen molar-refractivity contribution >= 4 is 34.9 Å². The van der Waals surface area contributed by atoms with E-state index in [1.165, 1.54) is 11.7 Å². The minimum atomic E-state index is -0.331. The molecule has 0 aliphatic rings. The average Bonchev–Trinajstić information content (AvgIpc) is 2.74. The van der Waals surface area contributed by atoms with Crippen molar-refractivity contribution < 1.29 is 9.59 Å². The lowest BCUT2D eigenvalue weighted by Crippen LogP contribution is -2.24. The summed E-state index contributed by atoms with van der Waals surface area (Å²) in [6.07, 6.45) is 0. The Morgan fingerprint density at radius 2 is 1.68 bits per heavy atom. The van der Waals surface area contributed by atoms with Gasteiger partial charge >= 0.3 is 6.03 Å². The third kappa shape index (κ3) is 3.37. The third-order valence-electron chi connectivity index (χ3n) is 3.01. The van der Waals surface area contributed by atoms with E-state index in [2.05, 4.69) is 21.0 Å². The fraction of sp³-hybridized carbons (Fsp3) is 0.214. The molecule has 0 unspecified atom stereocenters. The molecule has 0 bridgehead atoms. The zero-order chi connectivity index (χ0) is 16.3. The number of amides is 3. The molecule has 3 amide bonds. The summed E-state index contributed by atoms with van der Waals surface area (Å²) in [7, 11) is 3.20. The van der Waals surface area contributed by atoms with Crippen LogP contribution in [-0.2, 0) is 7.05 Å². The number of benzene rings is 1. The second kappa shape index (κ2) is 6.48. The van der Waals surface area contributed by atoms with E-state index in [1.807, 2.05) is 0 Å². The van der Waals surface area contributed by atoms with Gasteiger partial charge in [0.1, 0.15) is 5.15 Å². The molecule has 1 aromatic carbocycles. The Hall–Kier alpha value is -2.54. The zero-order valence-corrected chi connectivity index (χ0v) is 13.2. The van der Waals surface area contributed by atoms with E-state index < -0.39 is 0 Å². The second-order valence-corrected chi connectivity index (χ2v) is 4.97. The predicted molar refractivity (Wildman–Crippen MR) is 85.4 cm³/mol. The number of hydrogen-bond donors (Lipinski definition) is 3. The molecule has 8 heteroatoms. The van der Waals surface area contributed by atoms with Gasteiger partial charge in [-0.15, -0.1) is 0 Å². The molecule has 0 fully saturated rings. The summed E-state index contributed by atoms with van der Waals surface area (Å²) in [6, 6.07) is 6.42. The normalized spacial score (nSPS) is 10.2. The molecule has 7 nitrogen and oxygen atoms in total. The maximum atomic E-state index is 12.2. The maximum Gasteiger partial charge on any atom is 0.318 e. The summed E-state index contributed by atoms with van der Waals surface area (Å²) in [5, 5.41) is 12.2. The highest BCUT2D eigenvalue weighted by Crippen LogP contribution is 2.21. The summed E-state index contributed by atoms with van der Waals surface area (Å²) in [5.41, 5.74) is 2.11. The Balaban J connectivity index is 2.10. The number of carbonyl (C=O) groups is 2. The van der Waals surface area contributed by atoms with Crippen molar-refractivity contribution in [1.29, 1.82) is 0 Å². The van der Waals surface area contributed by atoms with Crippen LogP contribution in [0.2, 0.25) is 5.15 Å². The third-order valence-corrected chi connectivity index (χ3v) is 3.44. The van der Waals surface area contributed by atoms with Crippen molar-refractivity contribution in [2.24, 2.45) is 7.05 Å². The first kappa shape index (κ1) is 15.8. The highest BCUT2D eigenvalue weighted by molar-refractivity contribution is 6.33. The molecule has 22 heavy (non-hydrogen) atoms. The monoisotopic (exact) mass is 321 g/mol. The van der Waals surface area contributed by atoms with Crippen LogP contribution in [0.3, 0.4) is 0 Å². The standard InChI is InChI=1S/C14H16ClN5O2/c1-8-11(12(15)20(3)19-8)13(21)17-9-4-6-10(7-5-9)18-14(22)16-2/h4-7H,1-3H3,(H,17,21)(H2,16,18,22). The lowest BCUT2D eigenvalue weighted by Gasteiger charge is -2.07. The topological polar surface area (TPSA) is 88.1 Å².